The molecule has 1 aliphatic carbocycles. The lowest BCUT2D eigenvalue weighted by Gasteiger charge is -2.22. The maximum Gasteiger partial charge on any atom is 0.255 e. The highest BCUT2D eigenvalue weighted by Gasteiger charge is 2.36. The molecule has 124 valence electrons. The molecule has 1 aliphatic rings. The number of benzene rings is 2. The summed E-state index contributed by atoms with van der Waals surface area (Å²) in [4.78, 5) is 24.5. The molecule has 0 unspecified atom stereocenters. The molecule has 0 aliphatic heterocycles. The summed E-state index contributed by atoms with van der Waals surface area (Å²) in [5.41, 5.74) is 7.29. The summed E-state index contributed by atoms with van der Waals surface area (Å²) in [5.74, 6) is -0.341. The Hall–Kier alpha value is -2.66. The third kappa shape index (κ3) is 3.63. The molecular weight excluding hydrogens is 302 g/mol. The van der Waals surface area contributed by atoms with Crippen LogP contribution in [0.2, 0.25) is 0 Å². The molecule has 5 nitrogen and oxygen atoms in total. The molecule has 4 N–H and O–H groups in total. The van der Waals surface area contributed by atoms with Crippen molar-refractivity contribution >= 4 is 23.2 Å². The Morgan fingerprint density at radius 3 is 2.04 bits per heavy atom. The fourth-order valence-electron chi connectivity index (χ4n) is 2.92. The lowest BCUT2D eigenvalue weighted by molar-refractivity contribution is -0.121. The number of carbonyl (C=O) groups excluding carboxylic acids is 2. The number of nitrogens with two attached hydrogens (primary N) is 1. The third-order valence-corrected chi connectivity index (χ3v) is 4.38. The summed E-state index contributed by atoms with van der Waals surface area (Å²) in [7, 11) is 0. The molecule has 0 spiro atoms. The average molecular weight is 323 g/mol. The van der Waals surface area contributed by atoms with Gasteiger partial charge in [-0.25, -0.2) is 0 Å². The summed E-state index contributed by atoms with van der Waals surface area (Å²) in [5, 5.41) is 5.67. The zero-order valence-corrected chi connectivity index (χ0v) is 13.4. The van der Waals surface area contributed by atoms with E-state index in [4.69, 9.17) is 5.73 Å². The van der Waals surface area contributed by atoms with Crippen LogP contribution in [-0.2, 0) is 4.79 Å². The smallest absolute Gasteiger partial charge is 0.255 e. The van der Waals surface area contributed by atoms with Crippen LogP contribution in [0, 0.1) is 0 Å². The number of hydrogen-bond donors (Lipinski definition) is 3. The number of anilines is 2. The van der Waals surface area contributed by atoms with E-state index in [1.165, 1.54) is 0 Å². The highest BCUT2D eigenvalue weighted by atomic mass is 16.2. The predicted molar refractivity (Wildman–Crippen MR) is 94.9 cm³/mol. The molecule has 2 aromatic rings. The van der Waals surface area contributed by atoms with Crippen LogP contribution >= 0.6 is 0 Å². The van der Waals surface area contributed by atoms with Gasteiger partial charge in [0.2, 0.25) is 5.91 Å². The van der Waals surface area contributed by atoms with Gasteiger partial charge in [-0.05, 0) is 49.2 Å². The van der Waals surface area contributed by atoms with Gasteiger partial charge in [0.05, 0.1) is 5.54 Å². The van der Waals surface area contributed by atoms with Gasteiger partial charge in [-0.1, -0.05) is 31.0 Å². The average Bonchev–Trinajstić information content (AvgIpc) is 3.04. The van der Waals surface area contributed by atoms with Crippen molar-refractivity contribution in [3.8, 4) is 0 Å². The van der Waals surface area contributed by atoms with Crippen molar-refractivity contribution in [2.75, 3.05) is 10.6 Å². The van der Waals surface area contributed by atoms with E-state index in [1.807, 2.05) is 30.3 Å². The second-order valence-corrected chi connectivity index (χ2v) is 6.21. The quantitative estimate of drug-likeness (QED) is 0.808. The van der Waals surface area contributed by atoms with E-state index >= 15 is 0 Å². The Bertz CT molecular complexity index is 720. The first kappa shape index (κ1) is 16.2. The van der Waals surface area contributed by atoms with Crippen LogP contribution in [0.15, 0.2) is 54.6 Å². The van der Waals surface area contributed by atoms with Crippen LogP contribution in [0.1, 0.15) is 36.0 Å². The summed E-state index contributed by atoms with van der Waals surface area (Å²) in [6, 6.07) is 16.1. The van der Waals surface area contributed by atoms with Crippen LogP contribution in [-0.4, -0.2) is 17.4 Å². The Kier molecular flexibility index (Phi) is 4.62. The van der Waals surface area contributed by atoms with Crippen molar-refractivity contribution in [2.45, 2.75) is 31.2 Å². The van der Waals surface area contributed by atoms with Crippen molar-refractivity contribution in [1.29, 1.82) is 0 Å². The fraction of sp³-hybridized carbons (Fsp3) is 0.263. The Labute approximate surface area is 141 Å². The zero-order chi connectivity index (χ0) is 17.0. The maximum absolute atomic E-state index is 12.3. The van der Waals surface area contributed by atoms with Gasteiger partial charge in [-0.15, -0.1) is 0 Å². The molecule has 0 bridgehead atoms. The van der Waals surface area contributed by atoms with Crippen molar-refractivity contribution in [2.24, 2.45) is 5.73 Å². The van der Waals surface area contributed by atoms with Gasteiger partial charge in [0, 0.05) is 16.9 Å². The predicted octanol–water partition coefficient (Wildman–Crippen LogP) is 3.15. The first-order valence-electron chi connectivity index (χ1n) is 8.14. The second kappa shape index (κ2) is 6.84. The molecule has 1 fully saturated rings. The highest BCUT2D eigenvalue weighted by Crippen LogP contribution is 2.28. The largest absolute Gasteiger partial charge is 0.324 e. The van der Waals surface area contributed by atoms with Gasteiger partial charge in [0.15, 0.2) is 0 Å². The van der Waals surface area contributed by atoms with E-state index in [2.05, 4.69) is 10.6 Å². The molecule has 0 radical (unpaired) electrons. The minimum absolute atomic E-state index is 0.151. The minimum atomic E-state index is -0.761. The number of amides is 2. The van der Waals surface area contributed by atoms with E-state index in [0.29, 0.717) is 11.3 Å². The summed E-state index contributed by atoms with van der Waals surface area (Å²) < 4.78 is 0. The molecule has 1 saturated carbocycles. The second-order valence-electron chi connectivity index (χ2n) is 6.21. The Balaban J connectivity index is 1.63. The lowest BCUT2D eigenvalue weighted by atomic mass is 9.98. The molecule has 24 heavy (non-hydrogen) atoms. The van der Waals surface area contributed by atoms with Crippen molar-refractivity contribution in [3.05, 3.63) is 60.2 Å². The van der Waals surface area contributed by atoms with Crippen LogP contribution in [0.3, 0.4) is 0 Å². The molecule has 3 rings (SSSR count). The molecular formula is C19H21N3O2. The fourth-order valence-corrected chi connectivity index (χ4v) is 2.92. The number of para-hydroxylation sites is 1. The van der Waals surface area contributed by atoms with E-state index in [1.54, 1.807) is 24.3 Å². The molecule has 0 atom stereocenters. The third-order valence-electron chi connectivity index (χ3n) is 4.38. The molecule has 0 saturated heterocycles. The number of carbonyl (C=O) groups is 2. The highest BCUT2D eigenvalue weighted by molar-refractivity contribution is 6.05. The first-order chi connectivity index (χ1) is 11.6. The Morgan fingerprint density at radius 1 is 0.833 bits per heavy atom. The number of nitrogens with one attached hydrogen (secondary N) is 2. The van der Waals surface area contributed by atoms with Crippen LogP contribution in [0.5, 0.6) is 0 Å². The number of hydrogen-bond acceptors (Lipinski definition) is 3. The van der Waals surface area contributed by atoms with E-state index in [-0.39, 0.29) is 11.8 Å². The first-order valence-corrected chi connectivity index (χ1v) is 8.14. The van der Waals surface area contributed by atoms with Crippen molar-refractivity contribution < 1.29 is 9.59 Å². The maximum atomic E-state index is 12.3. The molecule has 2 amide bonds. The van der Waals surface area contributed by atoms with Gasteiger partial charge in [-0.2, -0.15) is 0 Å². The molecule has 0 heterocycles. The van der Waals surface area contributed by atoms with E-state index in [9.17, 15) is 9.59 Å². The molecule has 2 aromatic carbocycles. The Morgan fingerprint density at radius 2 is 1.42 bits per heavy atom. The van der Waals surface area contributed by atoms with Gasteiger partial charge in [0.25, 0.3) is 5.91 Å². The molecule has 5 heteroatoms. The molecule has 0 aromatic heterocycles. The van der Waals surface area contributed by atoms with Crippen molar-refractivity contribution in [1.82, 2.24) is 0 Å². The SMILES string of the molecule is NC1(C(=O)Nc2ccc(C(=O)Nc3ccccc3)cc2)CCCC1. The van der Waals surface area contributed by atoms with Gasteiger partial charge in [0.1, 0.15) is 0 Å². The monoisotopic (exact) mass is 323 g/mol. The van der Waals surface area contributed by atoms with Gasteiger partial charge < -0.3 is 16.4 Å². The standard InChI is InChI=1S/C19H21N3O2/c20-19(12-4-5-13-19)18(24)22-16-10-8-14(9-11-16)17(23)21-15-6-2-1-3-7-15/h1-3,6-11H,4-5,12-13,20H2,(H,21,23)(H,22,24). The van der Waals surface area contributed by atoms with Crippen LogP contribution in [0.4, 0.5) is 11.4 Å². The van der Waals surface area contributed by atoms with Crippen LogP contribution < -0.4 is 16.4 Å². The van der Waals surface area contributed by atoms with Gasteiger partial charge >= 0.3 is 0 Å². The summed E-state index contributed by atoms with van der Waals surface area (Å²) in [6.07, 6.45) is 3.41. The van der Waals surface area contributed by atoms with E-state index < -0.39 is 5.54 Å². The lowest BCUT2D eigenvalue weighted by Crippen LogP contribution is -2.48. The summed E-state index contributed by atoms with van der Waals surface area (Å²) in [6.45, 7) is 0. The van der Waals surface area contributed by atoms with Crippen molar-refractivity contribution in [3.63, 3.8) is 0 Å². The van der Waals surface area contributed by atoms with E-state index in [0.717, 1.165) is 31.4 Å². The van der Waals surface area contributed by atoms with Gasteiger partial charge in [-0.3, -0.25) is 9.59 Å². The normalized spacial score (nSPS) is 15.7. The minimum Gasteiger partial charge on any atom is -0.324 e. The van der Waals surface area contributed by atoms with Crippen LogP contribution in [0.25, 0.3) is 0 Å². The number of rotatable bonds is 4. The zero-order valence-electron chi connectivity index (χ0n) is 13.4. The summed E-state index contributed by atoms with van der Waals surface area (Å²) >= 11 is 0. The topological polar surface area (TPSA) is 84.2 Å².